The Bertz CT molecular complexity index is 206. The van der Waals surface area contributed by atoms with Gasteiger partial charge in [0.1, 0.15) is 0 Å². The Balaban J connectivity index is 1.77. The normalized spacial score (nSPS) is 34.1. The lowest BCUT2D eigenvalue weighted by atomic mass is 9.82. The minimum absolute atomic E-state index is 0.498. The number of hydrogen-bond donors (Lipinski definition) is 1. The van der Waals surface area contributed by atoms with Crippen LogP contribution in [0.5, 0.6) is 0 Å². The minimum atomic E-state index is 0.498. The molecule has 1 N–H and O–H groups in total. The fourth-order valence-corrected chi connectivity index (χ4v) is 3.10. The average Bonchev–Trinajstić information content (AvgIpc) is 2.30. The second-order valence-corrected chi connectivity index (χ2v) is 5.80. The summed E-state index contributed by atoms with van der Waals surface area (Å²) < 4.78 is 5.42. The van der Waals surface area contributed by atoms with Gasteiger partial charge in [-0.1, -0.05) is 6.92 Å². The second kappa shape index (κ2) is 5.48. The van der Waals surface area contributed by atoms with E-state index in [0.29, 0.717) is 11.5 Å². The summed E-state index contributed by atoms with van der Waals surface area (Å²) in [4.78, 5) is 2.63. The van der Waals surface area contributed by atoms with E-state index in [1.165, 1.54) is 58.4 Å². The molecule has 2 heterocycles. The van der Waals surface area contributed by atoms with Crippen molar-refractivity contribution >= 4 is 0 Å². The van der Waals surface area contributed by atoms with Crippen molar-refractivity contribution in [2.24, 2.45) is 5.41 Å². The number of methoxy groups -OCH3 is 1. The Morgan fingerprint density at radius 1 is 1.38 bits per heavy atom. The molecule has 2 saturated heterocycles. The van der Waals surface area contributed by atoms with Crippen LogP contribution in [-0.2, 0) is 4.74 Å². The molecule has 0 aromatic rings. The van der Waals surface area contributed by atoms with Gasteiger partial charge in [0, 0.05) is 33.3 Å². The topological polar surface area (TPSA) is 24.5 Å². The van der Waals surface area contributed by atoms with Gasteiger partial charge < -0.3 is 15.0 Å². The summed E-state index contributed by atoms with van der Waals surface area (Å²) in [5.74, 6) is 0. The fraction of sp³-hybridized carbons (Fsp3) is 1.00. The molecule has 2 aliphatic heterocycles. The molecule has 3 heteroatoms. The zero-order valence-electron chi connectivity index (χ0n) is 10.8. The third-order valence-corrected chi connectivity index (χ3v) is 4.16. The van der Waals surface area contributed by atoms with Gasteiger partial charge in [-0.3, -0.25) is 0 Å². The maximum absolute atomic E-state index is 5.42. The molecule has 0 bridgehead atoms. The van der Waals surface area contributed by atoms with Crippen molar-refractivity contribution in [3.05, 3.63) is 0 Å². The molecule has 2 rings (SSSR count). The van der Waals surface area contributed by atoms with Crippen LogP contribution >= 0.6 is 0 Å². The summed E-state index contributed by atoms with van der Waals surface area (Å²) in [6, 6.07) is 0. The van der Waals surface area contributed by atoms with Crippen LogP contribution < -0.4 is 5.32 Å². The molecular formula is C13H26N2O. The molecule has 0 spiro atoms. The maximum atomic E-state index is 5.42. The first kappa shape index (κ1) is 12.3. The van der Waals surface area contributed by atoms with Crippen molar-refractivity contribution in [1.82, 2.24) is 10.2 Å². The van der Waals surface area contributed by atoms with Crippen LogP contribution in [0.25, 0.3) is 0 Å². The molecule has 0 radical (unpaired) electrons. The first-order valence-electron chi connectivity index (χ1n) is 6.68. The van der Waals surface area contributed by atoms with Gasteiger partial charge in [0.05, 0.1) is 6.10 Å². The van der Waals surface area contributed by atoms with Gasteiger partial charge in [-0.25, -0.2) is 0 Å². The Morgan fingerprint density at radius 2 is 2.12 bits per heavy atom. The molecular weight excluding hydrogens is 200 g/mol. The van der Waals surface area contributed by atoms with Crippen molar-refractivity contribution in [2.75, 3.05) is 39.8 Å². The molecule has 0 aliphatic carbocycles. The van der Waals surface area contributed by atoms with E-state index < -0.39 is 0 Å². The highest BCUT2D eigenvalue weighted by molar-refractivity contribution is 4.86. The molecule has 0 aromatic heterocycles. The SMILES string of the molecule is COC1CCN(CC2(C)CCCNC2)CC1. The molecule has 94 valence electrons. The van der Waals surface area contributed by atoms with Crippen molar-refractivity contribution < 1.29 is 4.74 Å². The molecule has 2 fully saturated rings. The summed E-state index contributed by atoms with van der Waals surface area (Å²) in [5, 5.41) is 3.53. The summed E-state index contributed by atoms with van der Waals surface area (Å²) >= 11 is 0. The van der Waals surface area contributed by atoms with E-state index in [9.17, 15) is 0 Å². The summed E-state index contributed by atoms with van der Waals surface area (Å²) in [5.41, 5.74) is 0.498. The molecule has 1 unspecified atom stereocenters. The Hall–Kier alpha value is -0.120. The van der Waals surface area contributed by atoms with Crippen LogP contribution in [0, 0.1) is 5.41 Å². The standard InChI is InChI=1S/C13H26N2O/c1-13(6-3-7-14-10-13)11-15-8-4-12(16-2)5-9-15/h12,14H,3-11H2,1-2H3. The predicted octanol–water partition coefficient (Wildman–Crippen LogP) is 1.49. The highest BCUT2D eigenvalue weighted by Crippen LogP contribution is 2.28. The highest BCUT2D eigenvalue weighted by Gasteiger charge is 2.30. The smallest absolute Gasteiger partial charge is 0.0595 e. The van der Waals surface area contributed by atoms with Crippen molar-refractivity contribution in [2.45, 2.75) is 38.7 Å². The third kappa shape index (κ3) is 3.19. The van der Waals surface area contributed by atoms with Gasteiger partial charge in [0.25, 0.3) is 0 Å². The number of likely N-dealkylation sites (tertiary alicyclic amines) is 1. The van der Waals surface area contributed by atoms with E-state index in [0.717, 1.165) is 0 Å². The Kier molecular flexibility index (Phi) is 4.22. The van der Waals surface area contributed by atoms with E-state index in [-0.39, 0.29) is 0 Å². The van der Waals surface area contributed by atoms with Crippen molar-refractivity contribution in [3.63, 3.8) is 0 Å². The number of rotatable bonds is 3. The summed E-state index contributed by atoms with van der Waals surface area (Å²) in [6.07, 6.45) is 5.64. The number of nitrogens with one attached hydrogen (secondary N) is 1. The largest absolute Gasteiger partial charge is 0.381 e. The van der Waals surface area contributed by atoms with Gasteiger partial charge >= 0.3 is 0 Å². The Morgan fingerprint density at radius 3 is 2.69 bits per heavy atom. The molecule has 2 aliphatic rings. The van der Waals surface area contributed by atoms with Crippen LogP contribution in [-0.4, -0.2) is 50.8 Å². The lowest BCUT2D eigenvalue weighted by molar-refractivity contribution is 0.0246. The molecule has 16 heavy (non-hydrogen) atoms. The minimum Gasteiger partial charge on any atom is -0.381 e. The first-order valence-corrected chi connectivity index (χ1v) is 6.68. The van der Waals surface area contributed by atoms with Gasteiger partial charge in [0.15, 0.2) is 0 Å². The predicted molar refractivity (Wildman–Crippen MR) is 66.7 cm³/mol. The maximum Gasteiger partial charge on any atom is 0.0595 e. The number of ether oxygens (including phenoxy) is 1. The Labute approximate surface area is 99.5 Å². The van der Waals surface area contributed by atoms with Gasteiger partial charge in [-0.2, -0.15) is 0 Å². The number of nitrogens with zero attached hydrogens (tertiary/aromatic N) is 1. The van der Waals surface area contributed by atoms with Crippen LogP contribution in [0.2, 0.25) is 0 Å². The lowest BCUT2D eigenvalue weighted by Crippen LogP contribution is -2.48. The molecule has 3 nitrogen and oxygen atoms in total. The number of piperidine rings is 2. The van der Waals surface area contributed by atoms with E-state index in [4.69, 9.17) is 4.74 Å². The van der Waals surface area contributed by atoms with E-state index >= 15 is 0 Å². The van der Waals surface area contributed by atoms with Crippen LogP contribution in [0.4, 0.5) is 0 Å². The molecule has 0 amide bonds. The van der Waals surface area contributed by atoms with E-state index in [1.54, 1.807) is 0 Å². The lowest BCUT2D eigenvalue weighted by Gasteiger charge is -2.41. The second-order valence-electron chi connectivity index (χ2n) is 5.80. The quantitative estimate of drug-likeness (QED) is 0.789. The molecule has 0 saturated carbocycles. The van der Waals surface area contributed by atoms with Gasteiger partial charge in [-0.15, -0.1) is 0 Å². The zero-order valence-corrected chi connectivity index (χ0v) is 10.8. The number of hydrogen-bond acceptors (Lipinski definition) is 3. The van der Waals surface area contributed by atoms with Crippen molar-refractivity contribution in [3.8, 4) is 0 Å². The monoisotopic (exact) mass is 226 g/mol. The van der Waals surface area contributed by atoms with E-state index in [2.05, 4.69) is 17.1 Å². The van der Waals surface area contributed by atoms with E-state index in [1.807, 2.05) is 7.11 Å². The van der Waals surface area contributed by atoms with Crippen molar-refractivity contribution in [1.29, 1.82) is 0 Å². The first-order chi connectivity index (χ1) is 7.72. The highest BCUT2D eigenvalue weighted by atomic mass is 16.5. The third-order valence-electron chi connectivity index (χ3n) is 4.16. The van der Waals surface area contributed by atoms with Crippen LogP contribution in [0.15, 0.2) is 0 Å². The average molecular weight is 226 g/mol. The zero-order chi connectivity index (χ0) is 11.4. The van der Waals surface area contributed by atoms with Crippen LogP contribution in [0.1, 0.15) is 32.6 Å². The molecule has 0 aromatic carbocycles. The summed E-state index contributed by atoms with van der Waals surface area (Å²) in [7, 11) is 1.84. The van der Waals surface area contributed by atoms with Crippen LogP contribution in [0.3, 0.4) is 0 Å². The van der Waals surface area contributed by atoms with Gasteiger partial charge in [0.2, 0.25) is 0 Å². The fourth-order valence-electron chi connectivity index (χ4n) is 3.10. The summed E-state index contributed by atoms with van der Waals surface area (Å²) in [6.45, 7) is 8.53. The molecule has 1 atom stereocenters. The van der Waals surface area contributed by atoms with Gasteiger partial charge in [-0.05, 0) is 37.6 Å².